The number of likely N-dealkylation sites (tertiary alicyclic amines) is 1. The molecule has 1 aromatic heterocycles. The minimum Gasteiger partial charge on any atom is -0.350 e. The number of para-hydroxylation sites is 2. The molecule has 0 aliphatic carbocycles. The maximum absolute atomic E-state index is 12.6. The molecule has 0 unspecified atom stereocenters. The number of imidazole rings is 1. The first-order valence-electron chi connectivity index (χ1n) is 9.90. The highest BCUT2D eigenvalue weighted by Gasteiger charge is 2.23. The Morgan fingerprint density at radius 2 is 2.04 bits per heavy atom. The van der Waals surface area contributed by atoms with Gasteiger partial charge in [0.2, 0.25) is 11.8 Å². The van der Waals surface area contributed by atoms with Crippen LogP contribution in [-0.2, 0) is 16.1 Å². The van der Waals surface area contributed by atoms with Gasteiger partial charge in [0.15, 0.2) is 5.16 Å². The Bertz CT molecular complexity index is 856. The number of hydrogen-bond acceptors (Lipinski definition) is 4. The average Bonchev–Trinajstić information content (AvgIpc) is 2.95. The van der Waals surface area contributed by atoms with Crippen molar-refractivity contribution in [2.75, 3.05) is 18.8 Å². The maximum Gasteiger partial charge on any atom is 0.240 e. The summed E-state index contributed by atoms with van der Waals surface area (Å²) in [6.45, 7) is 9.95. The predicted molar refractivity (Wildman–Crippen MR) is 113 cm³/mol. The van der Waals surface area contributed by atoms with Crippen molar-refractivity contribution in [3.63, 3.8) is 0 Å². The summed E-state index contributed by atoms with van der Waals surface area (Å²) < 4.78 is 1.91. The van der Waals surface area contributed by atoms with Crippen LogP contribution in [0.25, 0.3) is 11.0 Å². The van der Waals surface area contributed by atoms with Gasteiger partial charge in [0.05, 0.1) is 16.8 Å². The van der Waals surface area contributed by atoms with Gasteiger partial charge in [-0.3, -0.25) is 9.59 Å². The van der Waals surface area contributed by atoms with Crippen LogP contribution >= 0.6 is 11.8 Å². The zero-order chi connectivity index (χ0) is 20.3. The van der Waals surface area contributed by atoms with Crippen molar-refractivity contribution in [3.8, 4) is 0 Å². The Kier molecular flexibility index (Phi) is 6.33. The molecule has 1 atom stereocenters. The average molecular weight is 403 g/mol. The summed E-state index contributed by atoms with van der Waals surface area (Å²) in [6.07, 6.45) is 2.26. The first-order chi connectivity index (χ1) is 13.2. The Hall–Kier alpha value is -2.02. The van der Waals surface area contributed by atoms with Crippen molar-refractivity contribution in [2.45, 2.75) is 57.8 Å². The number of thioether (sulfide) groups is 1. The molecule has 152 valence electrons. The molecule has 6 nitrogen and oxygen atoms in total. The van der Waals surface area contributed by atoms with Crippen molar-refractivity contribution in [1.29, 1.82) is 0 Å². The van der Waals surface area contributed by atoms with E-state index in [1.165, 1.54) is 18.2 Å². The molecule has 1 fully saturated rings. The second kappa shape index (κ2) is 8.55. The van der Waals surface area contributed by atoms with Crippen LogP contribution in [0.4, 0.5) is 0 Å². The van der Waals surface area contributed by atoms with Crippen LogP contribution in [0.2, 0.25) is 0 Å². The molecule has 2 aromatic rings. The van der Waals surface area contributed by atoms with Crippen LogP contribution in [0.15, 0.2) is 29.4 Å². The molecule has 1 saturated heterocycles. The van der Waals surface area contributed by atoms with E-state index < -0.39 is 0 Å². The number of piperidine rings is 1. The highest BCUT2D eigenvalue weighted by atomic mass is 32.2. The smallest absolute Gasteiger partial charge is 0.240 e. The van der Waals surface area contributed by atoms with E-state index in [4.69, 9.17) is 0 Å². The van der Waals surface area contributed by atoms with Crippen LogP contribution in [0.1, 0.15) is 40.5 Å². The Morgan fingerprint density at radius 1 is 1.29 bits per heavy atom. The van der Waals surface area contributed by atoms with Gasteiger partial charge in [-0.1, -0.05) is 30.8 Å². The minimum atomic E-state index is -0.290. The fraction of sp³-hybridized carbons (Fsp3) is 0.571. The van der Waals surface area contributed by atoms with E-state index in [1.807, 2.05) is 54.5 Å². The summed E-state index contributed by atoms with van der Waals surface area (Å²) in [6, 6.07) is 7.77. The van der Waals surface area contributed by atoms with Gasteiger partial charge in [0, 0.05) is 18.6 Å². The molecule has 1 aliphatic heterocycles. The molecule has 3 rings (SSSR count). The quantitative estimate of drug-likeness (QED) is 0.779. The third-order valence-corrected chi connectivity index (χ3v) is 5.73. The van der Waals surface area contributed by atoms with E-state index in [-0.39, 0.29) is 23.9 Å². The Labute approximate surface area is 171 Å². The summed E-state index contributed by atoms with van der Waals surface area (Å²) in [7, 11) is 0. The molecular formula is C21H30N4O2S. The van der Waals surface area contributed by atoms with Gasteiger partial charge >= 0.3 is 0 Å². The van der Waals surface area contributed by atoms with Gasteiger partial charge in [-0.25, -0.2) is 4.98 Å². The number of rotatable bonds is 5. The van der Waals surface area contributed by atoms with Crippen LogP contribution in [0.5, 0.6) is 0 Å². The summed E-state index contributed by atoms with van der Waals surface area (Å²) in [4.78, 5) is 31.8. The molecule has 1 aromatic carbocycles. The van der Waals surface area contributed by atoms with Crippen LogP contribution in [0, 0.1) is 5.92 Å². The van der Waals surface area contributed by atoms with Gasteiger partial charge < -0.3 is 14.8 Å². The third kappa shape index (κ3) is 5.28. The Balaban J connectivity index is 1.74. The van der Waals surface area contributed by atoms with E-state index in [0.29, 0.717) is 16.8 Å². The first-order valence-corrected chi connectivity index (χ1v) is 10.9. The van der Waals surface area contributed by atoms with E-state index in [0.717, 1.165) is 30.5 Å². The lowest BCUT2D eigenvalue weighted by molar-refractivity contribution is -0.130. The maximum atomic E-state index is 12.6. The highest BCUT2D eigenvalue weighted by molar-refractivity contribution is 7.99. The molecule has 0 radical (unpaired) electrons. The zero-order valence-corrected chi connectivity index (χ0v) is 18.0. The highest BCUT2D eigenvalue weighted by Crippen LogP contribution is 2.25. The minimum absolute atomic E-state index is 0.0614. The number of amides is 2. The van der Waals surface area contributed by atoms with Crippen LogP contribution in [0.3, 0.4) is 0 Å². The molecule has 2 amide bonds. The second-order valence-corrected chi connectivity index (χ2v) is 9.59. The molecule has 2 heterocycles. The normalized spacial score (nSPS) is 17.7. The van der Waals surface area contributed by atoms with Crippen molar-refractivity contribution in [1.82, 2.24) is 19.8 Å². The number of aromatic nitrogens is 2. The zero-order valence-electron chi connectivity index (χ0n) is 17.2. The van der Waals surface area contributed by atoms with Gasteiger partial charge in [0.1, 0.15) is 6.54 Å². The largest absolute Gasteiger partial charge is 0.350 e. The molecule has 0 saturated carbocycles. The molecule has 1 N–H and O–H groups in total. The van der Waals surface area contributed by atoms with E-state index in [9.17, 15) is 9.59 Å². The molecule has 1 aliphatic rings. The van der Waals surface area contributed by atoms with Crippen molar-refractivity contribution < 1.29 is 9.59 Å². The number of nitrogens with zero attached hydrogens (tertiary/aromatic N) is 3. The number of nitrogens with one attached hydrogen (secondary N) is 1. The van der Waals surface area contributed by atoms with Crippen molar-refractivity contribution >= 4 is 34.6 Å². The van der Waals surface area contributed by atoms with Crippen LogP contribution in [-0.4, -0.2) is 50.6 Å². The first kappa shape index (κ1) is 20.7. The lowest BCUT2D eigenvalue weighted by Crippen LogP contribution is -2.42. The van der Waals surface area contributed by atoms with E-state index >= 15 is 0 Å². The molecule has 0 spiro atoms. The van der Waals surface area contributed by atoms with E-state index in [1.54, 1.807) is 0 Å². The lowest BCUT2D eigenvalue weighted by atomic mass is 10.0. The summed E-state index contributed by atoms with van der Waals surface area (Å²) in [5.74, 6) is 0.994. The SMILES string of the molecule is C[C@@H]1CCCN(C(=O)CSc2nc3ccccc3n2CC(=O)NC(C)(C)C)C1. The second-order valence-electron chi connectivity index (χ2n) is 8.64. The number of carbonyl (C=O) groups is 2. The summed E-state index contributed by atoms with van der Waals surface area (Å²) in [5, 5.41) is 3.71. The number of hydrogen-bond donors (Lipinski definition) is 1. The van der Waals surface area contributed by atoms with Gasteiger partial charge in [0.25, 0.3) is 0 Å². The molecule has 28 heavy (non-hydrogen) atoms. The lowest BCUT2D eigenvalue weighted by Gasteiger charge is -2.30. The third-order valence-electron chi connectivity index (χ3n) is 4.77. The summed E-state index contributed by atoms with van der Waals surface area (Å²) >= 11 is 1.42. The van der Waals surface area contributed by atoms with Crippen molar-refractivity contribution in [3.05, 3.63) is 24.3 Å². The van der Waals surface area contributed by atoms with Crippen LogP contribution < -0.4 is 5.32 Å². The number of benzene rings is 1. The molecule has 7 heteroatoms. The topological polar surface area (TPSA) is 67.2 Å². The fourth-order valence-corrected chi connectivity index (χ4v) is 4.47. The number of carbonyl (C=O) groups excluding carboxylic acids is 2. The van der Waals surface area contributed by atoms with E-state index in [2.05, 4.69) is 17.2 Å². The van der Waals surface area contributed by atoms with Gasteiger partial charge in [-0.15, -0.1) is 0 Å². The fourth-order valence-electron chi connectivity index (χ4n) is 3.55. The standard InChI is InChI=1S/C21H30N4O2S/c1-15-8-7-11-24(12-15)19(27)14-28-20-22-16-9-5-6-10-17(16)25(20)13-18(26)23-21(2,3)4/h5-6,9-10,15H,7-8,11-14H2,1-4H3,(H,23,26)/t15-/m1/s1. The predicted octanol–water partition coefficient (Wildman–Crippen LogP) is 3.30. The molecule has 0 bridgehead atoms. The Morgan fingerprint density at radius 3 is 2.75 bits per heavy atom. The number of fused-ring (bicyclic) bond motifs is 1. The monoisotopic (exact) mass is 402 g/mol. The molecular weight excluding hydrogens is 372 g/mol. The van der Waals surface area contributed by atoms with Crippen molar-refractivity contribution in [2.24, 2.45) is 5.92 Å². The van der Waals surface area contributed by atoms with Gasteiger partial charge in [-0.05, 0) is 51.7 Å². The van der Waals surface area contributed by atoms with Gasteiger partial charge in [-0.2, -0.15) is 0 Å². The summed E-state index contributed by atoms with van der Waals surface area (Å²) in [5.41, 5.74) is 1.46.